The second-order valence-electron chi connectivity index (χ2n) is 6.76. The monoisotopic (exact) mass is 416 g/mol. The van der Waals surface area contributed by atoms with Crippen LogP contribution in [0.3, 0.4) is 0 Å². The fourth-order valence-electron chi connectivity index (χ4n) is 3.46. The Labute approximate surface area is 179 Å². The van der Waals surface area contributed by atoms with E-state index in [1.807, 2.05) is 6.92 Å². The number of ether oxygens (including phenoxy) is 2. The normalized spacial score (nSPS) is 12.5. The lowest BCUT2D eigenvalue weighted by Crippen LogP contribution is -2.29. The summed E-state index contributed by atoms with van der Waals surface area (Å²) in [5.74, 6) is -0.417. The average Bonchev–Trinajstić information content (AvgIpc) is 3.04. The topological polar surface area (TPSA) is 84.9 Å². The van der Waals surface area contributed by atoms with Gasteiger partial charge in [-0.2, -0.15) is 0 Å². The zero-order valence-electron chi connectivity index (χ0n) is 17.0. The van der Waals surface area contributed by atoms with Crippen molar-refractivity contribution in [2.45, 2.75) is 6.92 Å². The second-order valence-corrected chi connectivity index (χ2v) is 6.76. The van der Waals surface area contributed by atoms with Gasteiger partial charge < -0.3 is 14.8 Å². The summed E-state index contributed by atoms with van der Waals surface area (Å²) < 4.78 is 10.8. The zero-order valence-corrected chi connectivity index (χ0v) is 17.0. The Morgan fingerprint density at radius 3 is 2.32 bits per heavy atom. The number of fused-ring (bicyclic) bond motifs is 1. The lowest BCUT2D eigenvalue weighted by molar-refractivity contribution is 0.0924. The molecule has 7 heteroatoms. The molecule has 0 atom stereocenters. The Balaban J connectivity index is 1.65. The third kappa shape index (κ3) is 3.61. The van der Waals surface area contributed by atoms with E-state index in [-0.39, 0.29) is 16.7 Å². The summed E-state index contributed by atoms with van der Waals surface area (Å²) in [6, 6.07) is 18.3. The van der Waals surface area contributed by atoms with Gasteiger partial charge in [0.2, 0.25) is 0 Å². The molecule has 0 spiro atoms. The molecular weight excluding hydrogens is 396 g/mol. The highest BCUT2D eigenvalue weighted by molar-refractivity contribution is 6.35. The molecule has 0 aromatic heterocycles. The van der Waals surface area contributed by atoms with Crippen LogP contribution in [0.15, 0.2) is 66.7 Å². The van der Waals surface area contributed by atoms with Gasteiger partial charge in [0.05, 0.1) is 36.2 Å². The standard InChI is InChI=1S/C24H20N2O5/c1-3-31-21-11-7-5-9-19(21)26-23(28)16-13-12-15(14-17(16)24(26)29)22(27)25-18-8-4-6-10-20(18)30-2/h4-14H,3H2,1-2H3,(H,25,27). The van der Waals surface area contributed by atoms with Crippen molar-refractivity contribution in [1.82, 2.24) is 0 Å². The molecule has 0 saturated heterocycles. The number of para-hydroxylation sites is 4. The first-order valence-corrected chi connectivity index (χ1v) is 9.74. The fraction of sp³-hybridized carbons (Fsp3) is 0.125. The molecule has 1 aliphatic heterocycles. The van der Waals surface area contributed by atoms with Crippen molar-refractivity contribution in [2.75, 3.05) is 23.9 Å². The highest BCUT2D eigenvalue weighted by Crippen LogP contribution is 2.35. The molecule has 0 fully saturated rings. The van der Waals surface area contributed by atoms with E-state index in [0.717, 1.165) is 4.90 Å². The maximum atomic E-state index is 13.1. The highest BCUT2D eigenvalue weighted by atomic mass is 16.5. The van der Waals surface area contributed by atoms with Gasteiger partial charge in [-0.05, 0) is 49.4 Å². The van der Waals surface area contributed by atoms with E-state index in [9.17, 15) is 14.4 Å². The van der Waals surface area contributed by atoms with Gasteiger partial charge in [-0.25, -0.2) is 4.90 Å². The number of hydrogen-bond donors (Lipinski definition) is 1. The molecule has 1 aliphatic rings. The van der Waals surface area contributed by atoms with Crippen LogP contribution in [-0.4, -0.2) is 31.4 Å². The van der Waals surface area contributed by atoms with Crippen LogP contribution in [0.1, 0.15) is 38.0 Å². The van der Waals surface area contributed by atoms with Crippen molar-refractivity contribution in [3.8, 4) is 11.5 Å². The largest absolute Gasteiger partial charge is 0.495 e. The summed E-state index contributed by atoms with van der Waals surface area (Å²) in [5.41, 5.74) is 1.54. The number of carbonyl (C=O) groups is 3. The van der Waals surface area contributed by atoms with Crippen molar-refractivity contribution in [2.24, 2.45) is 0 Å². The van der Waals surface area contributed by atoms with Crippen molar-refractivity contribution in [1.29, 1.82) is 0 Å². The first kappa shape index (κ1) is 20.2. The van der Waals surface area contributed by atoms with E-state index >= 15 is 0 Å². The van der Waals surface area contributed by atoms with Gasteiger partial charge in [0, 0.05) is 5.56 Å². The first-order valence-electron chi connectivity index (χ1n) is 9.74. The summed E-state index contributed by atoms with van der Waals surface area (Å²) in [5, 5.41) is 2.77. The minimum atomic E-state index is -0.501. The van der Waals surface area contributed by atoms with E-state index in [1.165, 1.54) is 25.3 Å². The molecule has 3 aromatic carbocycles. The number of nitrogens with zero attached hydrogens (tertiary/aromatic N) is 1. The molecule has 31 heavy (non-hydrogen) atoms. The Morgan fingerprint density at radius 1 is 0.903 bits per heavy atom. The summed E-state index contributed by atoms with van der Waals surface area (Å²) in [6.45, 7) is 2.22. The SMILES string of the molecule is CCOc1ccccc1N1C(=O)c2ccc(C(=O)Nc3ccccc3OC)cc2C1=O. The molecule has 1 N–H and O–H groups in total. The predicted octanol–water partition coefficient (Wildman–Crippen LogP) is 4.15. The maximum absolute atomic E-state index is 13.1. The van der Waals surface area contributed by atoms with Crippen LogP contribution in [0.25, 0.3) is 0 Å². The summed E-state index contributed by atoms with van der Waals surface area (Å²) in [4.78, 5) is 39.9. The van der Waals surface area contributed by atoms with Crippen molar-refractivity contribution < 1.29 is 23.9 Å². The Morgan fingerprint density at radius 2 is 1.58 bits per heavy atom. The molecule has 3 amide bonds. The van der Waals surface area contributed by atoms with Crippen LogP contribution < -0.4 is 19.7 Å². The lowest BCUT2D eigenvalue weighted by Gasteiger charge is -2.17. The van der Waals surface area contributed by atoms with Gasteiger partial charge in [-0.1, -0.05) is 24.3 Å². The quantitative estimate of drug-likeness (QED) is 0.611. The van der Waals surface area contributed by atoms with Crippen molar-refractivity contribution in [3.63, 3.8) is 0 Å². The van der Waals surface area contributed by atoms with E-state index in [4.69, 9.17) is 9.47 Å². The first-order chi connectivity index (χ1) is 15.0. The van der Waals surface area contributed by atoms with Gasteiger partial charge in [0.15, 0.2) is 0 Å². The molecule has 0 aliphatic carbocycles. The molecule has 156 valence electrons. The molecule has 0 radical (unpaired) electrons. The van der Waals surface area contributed by atoms with Gasteiger partial charge in [-0.3, -0.25) is 14.4 Å². The van der Waals surface area contributed by atoms with Crippen molar-refractivity contribution in [3.05, 3.63) is 83.4 Å². The Hall–Kier alpha value is -4.13. The average molecular weight is 416 g/mol. The molecule has 4 rings (SSSR count). The minimum Gasteiger partial charge on any atom is -0.495 e. The van der Waals surface area contributed by atoms with Crippen LogP contribution in [-0.2, 0) is 0 Å². The molecule has 1 heterocycles. The van der Waals surface area contributed by atoms with E-state index in [2.05, 4.69) is 5.32 Å². The number of benzene rings is 3. The van der Waals surface area contributed by atoms with Crippen LogP contribution in [0.4, 0.5) is 11.4 Å². The number of methoxy groups -OCH3 is 1. The Bertz CT molecular complexity index is 1190. The van der Waals surface area contributed by atoms with E-state index < -0.39 is 17.7 Å². The van der Waals surface area contributed by atoms with E-state index in [0.29, 0.717) is 29.5 Å². The predicted molar refractivity (Wildman–Crippen MR) is 116 cm³/mol. The van der Waals surface area contributed by atoms with Gasteiger partial charge in [0.25, 0.3) is 17.7 Å². The van der Waals surface area contributed by atoms with Crippen LogP contribution in [0.2, 0.25) is 0 Å². The molecule has 0 saturated carbocycles. The third-order valence-corrected chi connectivity index (χ3v) is 4.91. The van der Waals surface area contributed by atoms with E-state index in [1.54, 1.807) is 48.5 Å². The number of anilines is 2. The number of carbonyl (C=O) groups excluding carboxylic acids is 3. The molecule has 0 unspecified atom stereocenters. The van der Waals surface area contributed by atoms with Crippen LogP contribution in [0.5, 0.6) is 11.5 Å². The molecule has 7 nitrogen and oxygen atoms in total. The summed E-state index contributed by atoms with van der Waals surface area (Å²) in [7, 11) is 1.51. The van der Waals surface area contributed by atoms with Gasteiger partial charge >= 0.3 is 0 Å². The molecule has 3 aromatic rings. The molecular formula is C24H20N2O5. The Kier molecular flexibility index (Phi) is 5.41. The van der Waals surface area contributed by atoms with Crippen LogP contribution >= 0.6 is 0 Å². The maximum Gasteiger partial charge on any atom is 0.266 e. The summed E-state index contributed by atoms with van der Waals surface area (Å²) in [6.07, 6.45) is 0. The second kappa shape index (κ2) is 8.31. The van der Waals surface area contributed by atoms with Crippen molar-refractivity contribution >= 4 is 29.1 Å². The smallest absolute Gasteiger partial charge is 0.266 e. The van der Waals surface area contributed by atoms with Gasteiger partial charge in [-0.15, -0.1) is 0 Å². The third-order valence-electron chi connectivity index (χ3n) is 4.91. The number of rotatable bonds is 6. The fourth-order valence-corrected chi connectivity index (χ4v) is 3.46. The lowest BCUT2D eigenvalue weighted by atomic mass is 10.1. The van der Waals surface area contributed by atoms with Crippen LogP contribution in [0, 0.1) is 0 Å². The number of imide groups is 1. The number of amides is 3. The minimum absolute atomic E-state index is 0.170. The molecule has 0 bridgehead atoms. The zero-order chi connectivity index (χ0) is 22.0. The highest BCUT2D eigenvalue weighted by Gasteiger charge is 2.38. The number of nitrogens with one attached hydrogen (secondary N) is 1. The number of hydrogen-bond acceptors (Lipinski definition) is 5. The summed E-state index contributed by atoms with van der Waals surface area (Å²) >= 11 is 0. The van der Waals surface area contributed by atoms with Gasteiger partial charge in [0.1, 0.15) is 11.5 Å².